The van der Waals surface area contributed by atoms with Crippen LogP contribution in [0.25, 0.3) is 0 Å². The molecule has 90 valence electrons. The molecule has 1 aliphatic carbocycles. The van der Waals surface area contributed by atoms with E-state index in [1.54, 1.807) is 0 Å². The molecular weight excluding hydrogens is 202 g/mol. The number of nitriles is 1. The minimum atomic E-state index is 0.00226. The van der Waals surface area contributed by atoms with Crippen LogP contribution < -0.4 is 0 Å². The maximum atomic E-state index is 8.84. The van der Waals surface area contributed by atoms with Crippen molar-refractivity contribution in [2.24, 2.45) is 17.8 Å². The van der Waals surface area contributed by atoms with E-state index in [1.807, 2.05) is 0 Å². The summed E-state index contributed by atoms with van der Waals surface area (Å²) in [7, 11) is 0. The highest BCUT2D eigenvalue weighted by molar-refractivity contribution is 4.88. The molecule has 2 rings (SSSR count). The molecule has 0 unspecified atom stereocenters. The summed E-state index contributed by atoms with van der Waals surface area (Å²) in [6.07, 6.45) is 5.33. The first-order chi connectivity index (χ1) is 7.83. The van der Waals surface area contributed by atoms with Gasteiger partial charge in [-0.2, -0.15) is 5.26 Å². The lowest BCUT2D eigenvalue weighted by Gasteiger charge is -2.36. The largest absolute Gasteiger partial charge is 0.352 e. The van der Waals surface area contributed by atoms with Crippen molar-refractivity contribution in [1.29, 1.82) is 5.26 Å². The Labute approximate surface area is 97.7 Å². The van der Waals surface area contributed by atoms with Crippen molar-refractivity contribution >= 4 is 0 Å². The van der Waals surface area contributed by atoms with E-state index in [4.69, 9.17) is 14.7 Å². The normalized spacial score (nSPS) is 40.2. The third kappa shape index (κ3) is 2.75. The fraction of sp³-hybridized carbons (Fsp3) is 0.923. The molecule has 0 bridgehead atoms. The van der Waals surface area contributed by atoms with Gasteiger partial charge in [-0.15, -0.1) is 0 Å². The second-order valence-corrected chi connectivity index (χ2v) is 5.05. The molecule has 1 aliphatic heterocycles. The Morgan fingerprint density at radius 2 is 1.75 bits per heavy atom. The van der Waals surface area contributed by atoms with Crippen LogP contribution in [0.4, 0.5) is 0 Å². The zero-order chi connectivity index (χ0) is 11.4. The summed E-state index contributed by atoms with van der Waals surface area (Å²) in [4.78, 5) is 0. The van der Waals surface area contributed by atoms with Gasteiger partial charge in [0.2, 0.25) is 0 Å². The van der Waals surface area contributed by atoms with Crippen LogP contribution >= 0.6 is 0 Å². The van der Waals surface area contributed by atoms with Gasteiger partial charge in [0.25, 0.3) is 0 Å². The van der Waals surface area contributed by atoms with Gasteiger partial charge in [0, 0.05) is 17.8 Å². The molecule has 0 aromatic rings. The second-order valence-electron chi connectivity index (χ2n) is 5.05. The Bertz CT molecular complexity index is 245. The molecule has 0 N–H and O–H groups in total. The third-order valence-corrected chi connectivity index (χ3v) is 3.91. The monoisotopic (exact) mass is 223 g/mol. The first-order valence-corrected chi connectivity index (χ1v) is 6.46. The highest BCUT2D eigenvalue weighted by atomic mass is 16.7. The van der Waals surface area contributed by atoms with Gasteiger partial charge in [0.1, 0.15) is 0 Å². The van der Waals surface area contributed by atoms with Gasteiger partial charge < -0.3 is 9.47 Å². The van der Waals surface area contributed by atoms with Crippen LogP contribution in [0.5, 0.6) is 0 Å². The van der Waals surface area contributed by atoms with Crippen molar-refractivity contribution in [3.05, 3.63) is 0 Å². The van der Waals surface area contributed by atoms with Crippen LogP contribution in [0, 0.1) is 29.1 Å². The van der Waals surface area contributed by atoms with Gasteiger partial charge in [-0.3, -0.25) is 0 Å². The fourth-order valence-electron chi connectivity index (χ4n) is 2.59. The third-order valence-electron chi connectivity index (χ3n) is 3.91. The van der Waals surface area contributed by atoms with E-state index in [0.717, 1.165) is 45.3 Å². The highest BCUT2D eigenvalue weighted by Crippen LogP contribution is 2.33. The van der Waals surface area contributed by atoms with Gasteiger partial charge in [-0.25, -0.2) is 0 Å². The summed E-state index contributed by atoms with van der Waals surface area (Å²) in [6, 6.07) is 2.36. The molecule has 1 saturated heterocycles. The van der Waals surface area contributed by atoms with Gasteiger partial charge in [0.05, 0.1) is 19.3 Å². The Hall–Kier alpha value is -0.590. The highest BCUT2D eigenvalue weighted by Gasteiger charge is 2.31. The van der Waals surface area contributed by atoms with Crippen molar-refractivity contribution in [3.8, 4) is 6.07 Å². The van der Waals surface area contributed by atoms with Crippen LogP contribution in [0.3, 0.4) is 0 Å². The molecular formula is C13H21NO2. The number of hydrogen-bond acceptors (Lipinski definition) is 3. The van der Waals surface area contributed by atoms with E-state index < -0.39 is 0 Å². The standard InChI is InChI=1S/C13H21NO2/c1-2-10-8-15-13(16-9-10)12-5-3-11(7-14)4-6-12/h10-13H,2-6,8-9H2,1H3/t10?,11-,12-,13?. The van der Waals surface area contributed by atoms with Crippen LogP contribution in [-0.4, -0.2) is 19.5 Å². The topological polar surface area (TPSA) is 42.2 Å². The van der Waals surface area contributed by atoms with Crippen LogP contribution in [-0.2, 0) is 9.47 Å². The average molecular weight is 223 g/mol. The first-order valence-electron chi connectivity index (χ1n) is 6.46. The Kier molecular flexibility index (Phi) is 4.20. The minimum absolute atomic E-state index is 0.00226. The lowest BCUT2D eigenvalue weighted by Crippen LogP contribution is -2.38. The molecule has 0 radical (unpaired) electrons. The zero-order valence-corrected chi connectivity index (χ0v) is 10.0. The second kappa shape index (κ2) is 5.65. The summed E-state index contributed by atoms with van der Waals surface area (Å²) in [5.41, 5.74) is 0. The van der Waals surface area contributed by atoms with Crippen molar-refractivity contribution in [1.82, 2.24) is 0 Å². The number of rotatable bonds is 2. The van der Waals surface area contributed by atoms with Crippen LogP contribution in [0.15, 0.2) is 0 Å². The molecule has 2 fully saturated rings. The van der Waals surface area contributed by atoms with E-state index in [1.165, 1.54) is 0 Å². The molecule has 0 spiro atoms. The summed E-state index contributed by atoms with van der Waals surface area (Å²) in [6.45, 7) is 3.87. The predicted molar refractivity (Wildman–Crippen MR) is 60.5 cm³/mol. The van der Waals surface area contributed by atoms with Crippen molar-refractivity contribution in [3.63, 3.8) is 0 Å². The quantitative estimate of drug-likeness (QED) is 0.723. The zero-order valence-electron chi connectivity index (χ0n) is 10.0. The summed E-state index contributed by atoms with van der Waals surface area (Å²) >= 11 is 0. The molecule has 2 aliphatic rings. The van der Waals surface area contributed by atoms with E-state index in [2.05, 4.69) is 13.0 Å². The smallest absolute Gasteiger partial charge is 0.160 e. The molecule has 1 heterocycles. The fourth-order valence-corrected chi connectivity index (χ4v) is 2.59. The van der Waals surface area contributed by atoms with Crippen LogP contribution in [0.1, 0.15) is 39.0 Å². The molecule has 16 heavy (non-hydrogen) atoms. The number of nitrogens with zero attached hydrogens (tertiary/aromatic N) is 1. The SMILES string of the molecule is CCC1COC([C@H]2CC[C@H](C#N)CC2)OC1. The van der Waals surface area contributed by atoms with Gasteiger partial charge >= 0.3 is 0 Å². The van der Waals surface area contributed by atoms with Crippen molar-refractivity contribution < 1.29 is 9.47 Å². The summed E-state index contributed by atoms with van der Waals surface area (Å²) in [5.74, 6) is 1.36. The first kappa shape index (κ1) is 11.9. The number of hydrogen-bond donors (Lipinski definition) is 0. The predicted octanol–water partition coefficient (Wildman–Crippen LogP) is 2.72. The van der Waals surface area contributed by atoms with Gasteiger partial charge in [-0.1, -0.05) is 6.92 Å². The van der Waals surface area contributed by atoms with Gasteiger partial charge in [0.15, 0.2) is 6.29 Å². The number of ether oxygens (including phenoxy) is 2. The van der Waals surface area contributed by atoms with E-state index in [0.29, 0.717) is 11.8 Å². The maximum Gasteiger partial charge on any atom is 0.160 e. The van der Waals surface area contributed by atoms with Crippen LogP contribution in [0.2, 0.25) is 0 Å². The Balaban J connectivity index is 1.76. The Morgan fingerprint density at radius 3 is 2.25 bits per heavy atom. The minimum Gasteiger partial charge on any atom is -0.352 e. The van der Waals surface area contributed by atoms with E-state index in [9.17, 15) is 0 Å². The lowest BCUT2D eigenvalue weighted by atomic mass is 9.82. The molecule has 0 atom stereocenters. The molecule has 0 aromatic heterocycles. The lowest BCUT2D eigenvalue weighted by molar-refractivity contribution is -0.229. The Morgan fingerprint density at radius 1 is 1.12 bits per heavy atom. The van der Waals surface area contributed by atoms with Crippen molar-refractivity contribution in [2.75, 3.05) is 13.2 Å². The summed E-state index contributed by atoms with van der Waals surface area (Å²) < 4.78 is 11.6. The molecule has 3 heteroatoms. The molecule has 3 nitrogen and oxygen atoms in total. The average Bonchev–Trinajstić information content (AvgIpc) is 2.39. The van der Waals surface area contributed by atoms with Gasteiger partial charge in [-0.05, 0) is 32.1 Å². The molecule has 1 saturated carbocycles. The summed E-state index contributed by atoms with van der Waals surface area (Å²) in [5, 5.41) is 8.84. The molecule has 0 aromatic carbocycles. The van der Waals surface area contributed by atoms with Crippen molar-refractivity contribution in [2.45, 2.75) is 45.3 Å². The maximum absolute atomic E-state index is 8.84. The van der Waals surface area contributed by atoms with E-state index in [-0.39, 0.29) is 12.2 Å². The molecule has 0 amide bonds. The van der Waals surface area contributed by atoms with E-state index >= 15 is 0 Å².